The van der Waals surface area contributed by atoms with Crippen LogP contribution in [0.3, 0.4) is 0 Å². The summed E-state index contributed by atoms with van der Waals surface area (Å²) in [5, 5.41) is 11.2. The van der Waals surface area contributed by atoms with E-state index < -0.39 is 10.0 Å². The minimum atomic E-state index is -3.77. The van der Waals surface area contributed by atoms with Crippen LogP contribution in [0.4, 0.5) is 5.69 Å². The number of carbonyl (C=O) groups excluding carboxylic acids is 1. The highest BCUT2D eigenvalue weighted by atomic mass is 32.2. The minimum absolute atomic E-state index is 0.0724. The van der Waals surface area contributed by atoms with Crippen molar-refractivity contribution in [3.8, 4) is 11.4 Å². The number of hydrogen-bond donors (Lipinski definition) is 1. The molecule has 0 radical (unpaired) electrons. The smallest absolute Gasteiger partial charge is 0.261 e. The summed E-state index contributed by atoms with van der Waals surface area (Å²) in [5.74, 6) is 0.397. The van der Waals surface area contributed by atoms with Crippen LogP contribution in [-0.4, -0.2) is 34.4 Å². The van der Waals surface area contributed by atoms with Crippen molar-refractivity contribution in [2.45, 2.75) is 11.8 Å². The summed E-state index contributed by atoms with van der Waals surface area (Å²) in [6, 6.07) is 12.5. The van der Waals surface area contributed by atoms with E-state index in [1.807, 2.05) is 0 Å². The second-order valence-corrected chi connectivity index (χ2v) is 7.08. The fourth-order valence-corrected chi connectivity index (χ4v) is 3.33. The van der Waals surface area contributed by atoms with Crippen molar-refractivity contribution in [3.05, 3.63) is 54.1 Å². The van der Waals surface area contributed by atoms with Gasteiger partial charge >= 0.3 is 0 Å². The molecular weight excluding hydrogens is 342 g/mol. The molecule has 0 aliphatic heterocycles. The lowest BCUT2D eigenvalue weighted by atomic mass is 10.2. The van der Waals surface area contributed by atoms with E-state index in [-0.39, 0.29) is 10.7 Å². The third-order valence-electron chi connectivity index (χ3n) is 3.56. The second kappa shape index (κ2) is 6.44. The molecule has 8 nitrogen and oxygen atoms in total. The normalized spacial score (nSPS) is 11.3. The molecule has 0 fully saturated rings. The van der Waals surface area contributed by atoms with Gasteiger partial charge in [-0.2, -0.15) is 0 Å². The van der Waals surface area contributed by atoms with Crippen molar-refractivity contribution in [2.24, 2.45) is 7.05 Å². The molecule has 1 aromatic heterocycles. The molecule has 0 amide bonds. The van der Waals surface area contributed by atoms with Crippen molar-refractivity contribution in [1.82, 2.24) is 20.2 Å². The van der Waals surface area contributed by atoms with E-state index >= 15 is 0 Å². The molecule has 0 atom stereocenters. The van der Waals surface area contributed by atoms with E-state index in [2.05, 4.69) is 20.2 Å². The number of rotatable bonds is 5. The third-order valence-corrected chi connectivity index (χ3v) is 4.96. The van der Waals surface area contributed by atoms with E-state index in [9.17, 15) is 13.2 Å². The Labute approximate surface area is 144 Å². The summed E-state index contributed by atoms with van der Waals surface area (Å²) < 4.78 is 29.0. The van der Waals surface area contributed by atoms with Gasteiger partial charge in [-0.1, -0.05) is 24.3 Å². The van der Waals surface area contributed by atoms with Gasteiger partial charge in [-0.15, -0.1) is 5.10 Å². The van der Waals surface area contributed by atoms with Crippen LogP contribution in [0.1, 0.15) is 17.3 Å². The van der Waals surface area contributed by atoms with Crippen molar-refractivity contribution in [1.29, 1.82) is 0 Å². The molecule has 2 aromatic carbocycles. The van der Waals surface area contributed by atoms with E-state index in [1.54, 1.807) is 31.3 Å². The Morgan fingerprint density at radius 1 is 1.12 bits per heavy atom. The Hall–Kier alpha value is -3.07. The molecule has 1 N–H and O–H groups in total. The molecule has 0 saturated heterocycles. The molecular formula is C16H15N5O3S. The van der Waals surface area contributed by atoms with E-state index in [0.717, 1.165) is 0 Å². The fraction of sp³-hybridized carbons (Fsp3) is 0.125. The van der Waals surface area contributed by atoms with Crippen molar-refractivity contribution in [2.75, 3.05) is 4.72 Å². The SMILES string of the molecule is CC(=O)c1ccc(S(=O)(=O)Nc2cccc(-c3nnnn3C)c2)cc1. The van der Waals surface area contributed by atoms with Crippen LogP contribution in [0.2, 0.25) is 0 Å². The van der Waals surface area contributed by atoms with Crippen LogP contribution < -0.4 is 4.72 Å². The molecule has 25 heavy (non-hydrogen) atoms. The van der Waals surface area contributed by atoms with Crippen LogP contribution in [0, 0.1) is 0 Å². The Morgan fingerprint density at radius 3 is 2.44 bits per heavy atom. The van der Waals surface area contributed by atoms with Gasteiger partial charge in [0.05, 0.1) is 4.90 Å². The predicted octanol–water partition coefficient (Wildman–Crippen LogP) is 1.88. The lowest BCUT2D eigenvalue weighted by Crippen LogP contribution is -2.13. The van der Waals surface area contributed by atoms with Crippen LogP contribution in [0.15, 0.2) is 53.4 Å². The number of ketones is 1. The first-order valence-electron chi connectivity index (χ1n) is 7.33. The molecule has 1 heterocycles. The van der Waals surface area contributed by atoms with Crippen LogP contribution in [-0.2, 0) is 17.1 Å². The molecule has 128 valence electrons. The summed E-state index contributed by atoms with van der Waals surface area (Å²) >= 11 is 0. The van der Waals surface area contributed by atoms with Gasteiger partial charge in [0.1, 0.15) is 0 Å². The number of hydrogen-bond acceptors (Lipinski definition) is 6. The highest BCUT2D eigenvalue weighted by Crippen LogP contribution is 2.22. The summed E-state index contributed by atoms with van der Waals surface area (Å²) in [5.41, 5.74) is 1.52. The number of sulfonamides is 1. The zero-order chi connectivity index (χ0) is 18.0. The van der Waals surface area contributed by atoms with Gasteiger partial charge in [-0.25, -0.2) is 13.1 Å². The maximum Gasteiger partial charge on any atom is 0.261 e. The number of nitrogens with zero attached hydrogens (tertiary/aromatic N) is 4. The third kappa shape index (κ3) is 3.56. The summed E-state index contributed by atoms with van der Waals surface area (Å²) in [4.78, 5) is 11.4. The lowest BCUT2D eigenvalue weighted by Gasteiger charge is -2.09. The summed E-state index contributed by atoms with van der Waals surface area (Å²) in [7, 11) is -2.07. The highest BCUT2D eigenvalue weighted by molar-refractivity contribution is 7.92. The molecule has 0 aliphatic rings. The summed E-state index contributed by atoms with van der Waals surface area (Å²) in [6.45, 7) is 1.43. The topological polar surface area (TPSA) is 107 Å². The molecule has 9 heteroatoms. The summed E-state index contributed by atoms with van der Waals surface area (Å²) in [6.07, 6.45) is 0. The van der Waals surface area contributed by atoms with Crippen molar-refractivity contribution >= 4 is 21.5 Å². The fourth-order valence-electron chi connectivity index (χ4n) is 2.28. The standard InChI is InChI=1S/C16H15N5O3S/c1-11(22)12-6-8-15(9-7-12)25(23,24)18-14-5-3-4-13(10-14)16-17-19-20-21(16)2/h3-10,18H,1-2H3. The first kappa shape index (κ1) is 16.8. The number of Topliss-reactive ketones (excluding diaryl/α,β-unsaturated/α-hetero) is 1. The van der Waals surface area contributed by atoms with Gasteiger partial charge in [0, 0.05) is 23.9 Å². The monoisotopic (exact) mass is 357 g/mol. The molecule has 0 unspecified atom stereocenters. The second-order valence-electron chi connectivity index (χ2n) is 5.39. The molecule has 0 spiro atoms. The van der Waals surface area contributed by atoms with Gasteiger partial charge in [0.15, 0.2) is 11.6 Å². The van der Waals surface area contributed by atoms with Gasteiger partial charge in [-0.05, 0) is 41.6 Å². The number of nitrogens with one attached hydrogen (secondary N) is 1. The van der Waals surface area contributed by atoms with Crippen LogP contribution >= 0.6 is 0 Å². The zero-order valence-corrected chi connectivity index (χ0v) is 14.4. The number of aromatic nitrogens is 4. The Morgan fingerprint density at radius 2 is 1.84 bits per heavy atom. The molecule has 3 aromatic rings. The van der Waals surface area contributed by atoms with Crippen molar-refractivity contribution in [3.63, 3.8) is 0 Å². The van der Waals surface area contributed by atoms with Gasteiger partial charge < -0.3 is 0 Å². The molecule has 0 saturated carbocycles. The van der Waals surface area contributed by atoms with Crippen LogP contribution in [0.5, 0.6) is 0 Å². The van der Waals surface area contributed by atoms with Gasteiger partial charge in [-0.3, -0.25) is 9.52 Å². The average molecular weight is 357 g/mol. The molecule has 0 bridgehead atoms. The zero-order valence-electron chi connectivity index (χ0n) is 13.5. The minimum Gasteiger partial charge on any atom is -0.295 e. The first-order chi connectivity index (χ1) is 11.9. The van der Waals surface area contributed by atoms with E-state index in [0.29, 0.717) is 22.6 Å². The Kier molecular flexibility index (Phi) is 4.32. The number of benzene rings is 2. The molecule has 3 rings (SSSR count). The predicted molar refractivity (Wildman–Crippen MR) is 91.5 cm³/mol. The lowest BCUT2D eigenvalue weighted by molar-refractivity contribution is 0.101. The number of tetrazole rings is 1. The number of aryl methyl sites for hydroxylation is 1. The van der Waals surface area contributed by atoms with Crippen LogP contribution in [0.25, 0.3) is 11.4 Å². The quantitative estimate of drug-likeness (QED) is 0.699. The van der Waals surface area contributed by atoms with E-state index in [1.165, 1.54) is 35.9 Å². The van der Waals surface area contributed by atoms with Gasteiger partial charge in [0.2, 0.25) is 0 Å². The van der Waals surface area contributed by atoms with E-state index in [4.69, 9.17) is 0 Å². The number of carbonyl (C=O) groups is 1. The largest absolute Gasteiger partial charge is 0.295 e. The average Bonchev–Trinajstić information content (AvgIpc) is 3.01. The Balaban J connectivity index is 1.88. The molecule has 0 aliphatic carbocycles. The first-order valence-corrected chi connectivity index (χ1v) is 8.82. The maximum atomic E-state index is 12.5. The van der Waals surface area contributed by atoms with Crippen molar-refractivity contribution < 1.29 is 13.2 Å². The number of anilines is 1. The maximum absolute atomic E-state index is 12.5. The van der Waals surface area contributed by atoms with Gasteiger partial charge in [0.25, 0.3) is 10.0 Å². The highest BCUT2D eigenvalue weighted by Gasteiger charge is 2.15. The Bertz CT molecular complexity index is 1030.